The molecule has 0 spiro atoms. The summed E-state index contributed by atoms with van der Waals surface area (Å²) in [6.45, 7) is 1.94. The average molecular weight is 471 g/mol. The van der Waals surface area contributed by atoms with E-state index >= 15 is 0 Å². The molecule has 1 saturated carbocycles. The van der Waals surface area contributed by atoms with Gasteiger partial charge in [-0.15, -0.1) is 0 Å². The fourth-order valence-corrected chi connectivity index (χ4v) is 5.70. The van der Waals surface area contributed by atoms with Crippen LogP contribution in [0, 0.1) is 12.8 Å². The SMILES string of the molecule is Cc1cc(C2CC2)c(CC2CCN(CC(F)(F)F)CC2c2ccc(C(=O)O)cc2)c2cc[nH]c12. The third-order valence-corrected chi connectivity index (χ3v) is 7.50. The molecule has 4 nitrogen and oxygen atoms in total. The van der Waals surface area contributed by atoms with Crippen molar-refractivity contribution in [2.45, 2.75) is 50.6 Å². The van der Waals surface area contributed by atoms with Crippen LogP contribution in [-0.2, 0) is 6.42 Å². The lowest BCUT2D eigenvalue weighted by atomic mass is 9.75. The summed E-state index contributed by atoms with van der Waals surface area (Å²) in [5.41, 5.74) is 6.18. The maximum absolute atomic E-state index is 13.2. The van der Waals surface area contributed by atoms with Gasteiger partial charge >= 0.3 is 12.1 Å². The van der Waals surface area contributed by atoms with Gasteiger partial charge in [0.05, 0.1) is 12.1 Å². The number of carbonyl (C=O) groups is 1. The molecule has 3 aromatic rings. The Hall–Kier alpha value is -2.80. The molecule has 2 aliphatic rings. The van der Waals surface area contributed by atoms with Crippen molar-refractivity contribution in [3.8, 4) is 0 Å². The molecule has 34 heavy (non-hydrogen) atoms. The van der Waals surface area contributed by atoms with E-state index in [-0.39, 0.29) is 17.4 Å². The number of H-pyrrole nitrogens is 1. The first-order chi connectivity index (χ1) is 16.2. The van der Waals surface area contributed by atoms with E-state index in [4.69, 9.17) is 0 Å². The largest absolute Gasteiger partial charge is 0.478 e. The number of aromatic nitrogens is 1. The topological polar surface area (TPSA) is 56.3 Å². The highest BCUT2D eigenvalue weighted by atomic mass is 19.4. The van der Waals surface area contributed by atoms with Gasteiger partial charge in [-0.25, -0.2) is 4.79 Å². The molecule has 1 aromatic heterocycles. The molecule has 2 unspecified atom stereocenters. The Morgan fingerprint density at radius 3 is 2.53 bits per heavy atom. The van der Waals surface area contributed by atoms with E-state index in [1.54, 1.807) is 24.3 Å². The van der Waals surface area contributed by atoms with E-state index in [0.29, 0.717) is 25.4 Å². The fraction of sp³-hybridized carbons (Fsp3) is 0.444. The molecule has 0 radical (unpaired) electrons. The molecule has 2 heterocycles. The number of benzene rings is 2. The number of fused-ring (bicyclic) bond motifs is 1. The number of piperidine rings is 1. The van der Waals surface area contributed by atoms with Gasteiger partial charge in [0.25, 0.3) is 0 Å². The number of carboxylic acids is 1. The van der Waals surface area contributed by atoms with Crippen molar-refractivity contribution in [1.29, 1.82) is 0 Å². The van der Waals surface area contributed by atoms with Crippen molar-refractivity contribution in [3.05, 3.63) is 70.4 Å². The first kappa shape index (κ1) is 23.0. The van der Waals surface area contributed by atoms with Crippen molar-refractivity contribution >= 4 is 16.9 Å². The van der Waals surface area contributed by atoms with E-state index in [1.165, 1.54) is 39.8 Å². The molecule has 1 saturated heterocycles. The predicted molar refractivity (Wildman–Crippen MR) is 125 cm³/mol. The Kier molecular flexibility index (Phi) is 5.92. The summed E-state index contributed by atoms with van der Waals surface area (Å²) in [5.74, 6) is -0.347. The molecule has 1 aliphatic heterocycles. The third-order valence-electron chi connectivity index (χ3n) is 7.50. The van der Waals surface area contributed by atoms with E-state index in [9.17, 15) is 23.1 Å². The van der Waals surface area contributed by atoms with Crippen LogP contribution in [0.2, 0.25) is 0 Å². The molecule has 0 amide bonds. The van der Waals surface area contributed by atoms with Gasteiger partial charge in [0, 0.05) is 23.6 Å². The molecule has 5 rings (SSSR count). The minimum Gasteiger partial charge on any atom is -0.478 e. The van der Waals surface area contributed by atoms with Gasteiger partial charge in [-0.2, -0.15) is 13.2 Å². The maximum atomic E-state index is 13.2. The normalized spacial score (nSPS) is 21.8. The lowest BCUT2D eigenvalue weighted by molar-refractivity contribution is -0.149. The smallest absolute Gasteiger partial charge is 0.401 e. The van der Waals surface area contributed by atoms with Crippen molar-refractivity contribution in [3.63, 3.8) is 0 Å². The molecule has 2 N–H and O–H groups in total. The highest BCUT2D eigenvalue weighted by molar-refractivity contribution is 5.88. The molecule has 2 aromatic carbocycles. The zero-order valence-electron chi connectivity index (χ0n) is 19.2. The number of nitrogens with one attached hydrogen (secondary N) is 1. The molecule has 180 valence electrons. The Morgan fingerprint density at radius 2 is 1.88 bits per heavy atom. The number of hydrogen-bond donors (Lipinski definition) is 2. The van der Waals surface area contributed by atoms with Crippen LogP contribution >= 0.6 is 0 Å². The second-order valence-corrected chi connectivity index (χ2v) is 9.94. The molecular formula is C27H29F3N2O2. The number of carboxylic acid groups (broad SMARTS) is 1. The Labute approximate surface area is 196 Å². The number of halogens is 3. The number of aromatic amines is 1. The first-order valence-electron chi connectivity index (χ1n) is 11.9. The summed E-state index contributed by atoms with van der Waals surface area (Å²) < 4.78 is 39.5. The zero-order valence-corrected chi connectivity index (χ0v) is 19.2. The predicted octanol–water partition coefficient (Wildman–Crippen LogP) is 6.26. The van der Waals surface area contributed by atoms with Gasteiger partial charge in [-0.1, -0.05) is 18.2 Å². The number of aryl methyl sites for hydroxylation is 1. The fourth-order valence-electron chi connectivity index (χ4n) is 5.70. The summed E-state index contributed by atoms with van der Waals surface area (Å²) in [5, 5.41) is 10.5. The van der Waals surface area contributed by atoms with E-state index < -0.39 is 18.7 Å². The zero-order chi connectivity index (χ0) is 24.0. The van der Waals surface area contributed by atoms with E-state index in [1.807, 2.05) is 6.20 Å². The Morgan fingerprint density at radius 1 is 1.15 bits per heavy atom. The van der Waals surface area contributed by atoms with Crippen LogP contribution in [0.4, 0.5) is 13.2 Å². The van der Waals surface area contributed by atoms with Crippen LogP contribution in [0.5, 0.6) is 0 Å². The molecule has 1 aliphatic carbocycles. The standard InChI is InChI=1S/C27H29F3N2O2/c1-16-12-22(17-2-3-17)23(21-8-10-31-25(16)21)13-20-9-11-32(15-27(28,29)30)14-24(20)18-4-6-19(7-5-18)26(33)34/h4-8,10,12,17,20,24,31H,2-3,9,11,13-15H2,1H3,(H,33,34). The summed E-state index contributed by atoms with van der Waals surface area (Å²) >= 11 is 0. The highest BCUT2D eigenvalue weighted by Gasteiger charge is 2.38. The van der Waals surface area contributed by atoms with Crippen LogP contribution in [0.15, 0.2) is 42.6 Å². The summed E-state index contributed by atoms with van der Waals surface area (Å²) in [6.07, 6.45) is 1.58. The van der Waals surface area contributed by atoms with Crippen LogP contribution in [0.1, 0.15) is 63.7 Å². The maximum Gasteiger partial charge on any atom is 0.401 e. The van der Waals surface area contributed by atoms with Crippen LogP contribution < -0.4 is 0 Å². The molecule has 0 bridgehead atoms. The lowest BCUT2D eigenvalue weighted by Crippen LogP contribution is -2.44. The van der Waals surface area contributed by atoms with Crippen LogP contribution in [0.3, 0.4) is 0 Å². The van der Waals surface area contributed by atoms with Crippen LogP contribution in [0.25, 0.3) is 10.9 Å². The highest BCUT2D eigenvalue weighted by Crippen LogP contribution is 2.46. The van der Waals surface area contributed by atoms with Crippen molar-refractivity contribution in [2.75, 3.05) is 19.6 Å². The molecular weight excluding hydrogens is 441 g/mol. The summed E-state index contributed by atoms with van der Waals surface area (Å²) in [4.78, 5) is 16.2. The molecule has 7 heteroatoms. The minimum atomic E-state index is -4.24. The average Bonchev–Trinajstić information content (AvgIpc) is 3.51. The molecule has 2 fully saturated rings. The Balaban J connectivity index is 1.49. The Bertz CT molecular complexity index is 1200. The quantitative estimate of drug-likeness (QED) is 0.447. The number of rotatable bonds is 6. The molecule has 2 atom stereocenters. The number of aromatic carboxylic acids is 1. The number of likely N-dealkylation sites (tertiary alicyclic amines) is 1. The monoisotopic (exact) mass is 470 g/mol. The second kappa shape index (κ2) is 8.77. The van der Waals surface area contributed by atoms with Gasteiger partial charge in [-0.05, 0) is 97.4 Å². The van der Waals surface area contributed by atoms with Gasteiger partial charge in [0.1, 0.15) is 0 Å². The number of nitrogens with zero attached hydrogens (tertiary/aromatic N) is 1. The summed E-state index contributed by atoms with van der Waals surface area (Å²) in [7, 11) is 0. The van der Waals surface area contributed by atoms with Gasteiger partial charge in [-0.3, -0.25) is 4.90 Å². The second-order valence-electron chi connectivity index (χ2n) is 9.94. The van der Waals surface area contributed by atoms with Gasteiger partial charge in [0.15, 0.2) is 0 Å². The minimum absolute atomic E-state index is 0.0960. The van der Waals surface area contributed by atoms with Crippen LogP contribution in [-0.4, -0.2) is 46.8 Å². The third kappa shape index (κ3) is 4.71. The lowest BCUT2D eigenvalue weighted by Gasteiger charge is -2.39. The van der Waals surface area contributed by atoms with Crippen molar-refractivity contribution in [2.24, 2.45) is 5.92 Å². The van der Waals surface area contributed by atoms with Gasteiger partial charge in [0.2, 0.25) is 0 Å². The van der Waals surface area contributed by atoms with Gasteiger partial charge < -0.3 is 10.1 Å². The van der Waals surface area contributed by atoms with E-state index in [2.05, 4.69) is 24.0 Å². The van der Waals surface area contributed by atoms with Crippen molar-refractivity contribution in [1.82, 2.24) is 9.88 Å². The van der Waals surface area contributed by atoms with E-state index in [0.717, 1.165) is 17.5 Å². The summed E-state index contributed by atoms with van der Waals surface area (Å²) in [6, 6.07) is 11.1. The number of hydrogen-bond acceptors (Lipinski definition) is 2. The van der Waals surface area contributed by atoms with Crippen molar-refractivity contribution < 1.29 is 23.1 Å². The number of alkyl halides is 3. The first-order valence-corrected chi connectivity index (χ1v) is 11.9.